The Bertz CT molecular complexity index is 591. The summed E-state index contributed by atoms with van der Waals surface area (Å²) in [6.07, 6.45) is 1.68. The summed E-state index contributed by atoms with van der Waals surface area (Å²) < 4.78 is 15.1. The normalized spacial score (nSPS) is 10.8. The van der Waals surface area contributed by atoms with Crippen LogP contribution < -0.4 is 5.32 Å². The molecule has 0 aromatic carbocycles. The maximum Gasteiger partial charge on any atom is 0.273 e. The lowest BCUT2D eigenvalue weighted by Gasteiger charge is -2.06. The van der Waals surface area contributed by atoms with Gasteiger partial charge in [0.2, 0.25) is 5.95 Å². The lowest BCUT2D eigenvalue weighted by molar-refractivity contribution is 0.0951. The van der Waals surface area contributed by atoms with Gasteiger partial charge in [-0.05, 0) is 20.8 Å². The molecule has 0 aliphatic heterocycles. The fourth-order valence-corrected chi connectivity index (χ4v) is 1.65. The van der Waals surface area contributed by atoms with Crippen molar-refractivity contribution in [1.29, 1.82) is 0 Å². The molecule has 0 saturated heterocycles. The maximum atomic E-state index is 13.6. The predicted molar refractivity (Wildman–Crippen MR) is 60.4 cm³/mol. The van der Waals surface area contributed by atoms with Gasteiger partial charge in [-0.2, -0.15) is 4.39 Å². The molecule has 0 aliphatic rings. The van der Waals surface area contributed by atoms with E-state index in [4.69, 9.17) is 0 Å². The van der Waals surface area contributed by atoms with Crippen LogP contribution in [0.5, 0.6) is 0 Å². The van der Waals surface area contributed by atoms with E-state index in [1.807, 2.05) is 0 Å². The Balaban J connectivity index is 2.70. The highest BCUT2D eigenvalue weighted by atomic mass is 19.1. The van der Waals surface area contributed by atoms with Crippen LogP contribution in [0.25, 0.3) is 5.65 Å². The number of nitrogens with one attached hydrogen (secondary N) is 1. The molecule has 1 N–H and O–H groups in total. The molecule has 1 amide bonds. The van der Waals surface area contributed by atoms with Crippen molar-refractivity contribution in [2.24, 2.45) is 0 Å². The van der Waals surface area contributed by atoms with E-state index in [-0.39, 0.29) is 5.69 Å². The molecule has 0 saturated carbocycles. The minimum atomic E-state index is -0.656. The van der Waals surface area contributed by atoms with Crippen molar-refractivity contribution in [2.45, 2.75) is 20.8 Å². The summed E-state index contributed by atoms with van der Waals surface area (Å²) in [5, 5.41) is 2.59. The van der Waals surface area contributed by atoms with Crippen molar-refractivity contribution >= 4 is 11.6 Å². The molecule has 2 aromatic heterocycles. The number of rotatable bonds is 2. The van der Waals surface area contributed by atoms with Gasteiger partial charge in [0.05, 0.1) is 11.4 Å². The van der Waals surface area contributed by atoms with Crippen molar-refractivity contribution in [3.63, 3.8) is 0 Å². The first-order valence-electron chi connectivity index (χ1n) is 5.34. The lowest BCUT2D eigenvalue weighted by Crippen LogP contribution is -2.25. The number of hydrogen-bond donors (Lipinski definition) is 1. The monoisotopic (exact) mass is 236 g/mol. The molecule has 0 fully saturated rings. The van der Waals surface area contributed by atoms with Crippen LogP contribution in [0.15, 0.2) is 6.20 Å². The van der Waals surface area contributed by atoms with E-state index in [0.29, 0.717) is 23.6 Å². The lowest BCUT2D eigenvalue weighted by atomic mass is 10.3. The Labute approximate surface area is 97.7 Å². The van der Waals surface area contributed by atoms with Crippen LogP contribution in [-0.4, -0.2) is 26.8 Å². The molecular formula is C11H13FN4O. The summed E-state index contributed by atoms with van der Waals surface area (Å²) in [5.41, 5.74) is 1.45. The van der Waals surface area contributed by atoms with E-state index in [0.717, 1.165) is 0 Å². The molecule has 0 atom stereocenters. The zero-order valence-electron chi connectivity index (χ0n) is 9.91. The zero-order valence-corrected chi connectivity index (χ0v) is 9.91. The van der Waals surface area contributed by atoms with Crippen LogP contribution in [0.4, 0.5) is 4.39 Å². The van der Waals surface area contributed by atoms with Gasteiger partial charge < -0.3 is 5.32 Å². The van der Waals surface area contributed by atoms with Crippen LogP contribution in [0.1, 0.15) is 28.8 Å². The van der Waals surface area contributed by atoms with E-state index in [2.05, 4.69) is 15.3 Å². The van der Waals surface area contributed by atoms with Gasteiger partial charge in [0.25, 0.3) is 5.91 Å². The van der Waals surface area contributed by atoms with Gasteiger partial charge in [-0.1, -0.05) is 0 Å². The summed E-state index contributed by atoms with van der Waals surface area (Å²) in [5.74, 6) is -1.07. The average molecular weight is 236 g/mol. The number of amides is 1. The molecule has 2 aromatic rings. The van der Waals surface area contributed by atoms with Crippen molar-refractivity contribution in [2.75, 3.05) is 6.54 Å². The third-order valence-electron chi connectivity index (χ3n) is 2.46. The molecule has 17 heavy (non-hydrogen) atoms. The quantitative estimate of drug-likeness (QED) is 0.853. The number of halogens is 1. The average Bonchev–Trinajstić information content (AvgIpc) is 2.66. The van der Waals surface area contributed by atoms with E-state index in [1.54, 1.807) is 31.4 Å². The van der Waals surface area contributed by atoms with Gasteiger partial charge in [-0.25, -0.2) is 9.97 Å². The highest BCUT2D eigenvalue weighted by Crippen LogP contribution is 2.14. The molecule has 2 heterocycles. The first-order chi connectivity index (χ1) is 8.04. The van der Waals surface area contributed by atoms with E-state index >= 15 is 0 Å². The second kappa shape index (κ2) is 4.12. The number of hydrogen-bond acceptors (Lipinski definition) is 3. The Hall–Kier alpha value is -1.98. The Morgan fingerprint density at radius 1 is 1.47 bits per heavy atom. The van der Waals surface area contributed by atoms with E-state index in [1.165, 1.54) is 0 Å². The molecule has 0 bridgehead atoms. The minimum absolute atomic E-state index is 0.0167. The first-order valence-corrected chi connectivity index (χ1v) is 5.34. The molecule has 0 spiro atoms. The number of fused-ring (bicyclic) bond motifs is 1. The van der Waals surface area contributed by atoms with Gasteiger partial charge >= 0.3 is 0 Å². The number of carbonyl (C=O) groups is 1. The molecule has 6 heteroatoms. The fraction of sp³-hybridized carbons (Fsp3) is 0.364. The Morgan fingerprint density at radius 3 is 2.82 bits per heavy atom. The number of aromatic nitrogens is 3. The van der Waals surface area contributed by atoms with Crippen LogP contribution >= 0.6 is 0 Å². The number of carbonyl (C=O) groups excluding carboxylic acids is 1. The van der Waals surface area contributed by atoms with Crippen LogP contribution in [0, 0.1) is 19.8 Å². The van der Waals surface area contributed by atoms with Gasteiger partial charge in [0.1, 0.15) is 0 Å². The summed E-state index contributed by atoms with van der Waals surface area (Å²) >= 11 is 0. The van der Waals surface area contributed by atoms with Crippen molar-refractivity contribution < 1.29 is 9.18 Å². The standard InChI is InChI=1S/C11H13FN4O/c1-4-13-11(17)8-10-14-6(2)5-16(10)7(3)9(12)15-8/h5H,4H2,1-3H3,(H,13,17). The van der Waals surface area contributed by atoms with Crippen LogP contribution in [-0.2, 0) is 0 Å². The molecule has 90 valence electrons. The van der Waals surface area contributed by atoms with Gasteiger partial charge in [-0.15, -0.1) is 0 Å². The minimum Gasteiger partial charge on any atom is -0.351 e. The molecule has 0 radical (unpaired) electrons. The summed E-state index contributed by atoms with van der Waals surface area (Å²) in [4.78, 5) is 19.6. The summed E-state index contributed by atoms with van der Waals surface area (Å²) in [6, 6.07) is 0. The van der Waals surface area contributed by atoms with Crippen LogP contribution in [0.3, 0.4) is 0 Å². The van der Waals surface area contributed by atoms with Crippen LogP contribution in [0.2, 0.25) is 0 Å². The second-order valence-corrected chi connectivity index (χ2v) is 3.77. The summed E-state index contributed by atoms with van der Waals surface area (Å²) in [7, 11) is 0. The molecule has 5 nitrogen and oxygen atoms in total. The maximum absolute atomic E-state index is 13.6. The molecule has 0 unspecified atom stereocenters. The zero-order chi connectivity index (χ0) is 12.6. The van der Waals surface area contributed by atoms with Crippen molar-refractivity contribution in [3.8, 4) is 0 Å². The molecule has 0 aliphatic carbocycles. The smallest absolute Gasteiger partial charge is 0.273 e. The third-order valence-corrected chi connectivity index (χ3v) is 2.46. The van der Waals surface area contributed by atoms with Crippen molar-refractivity contribution in [1.82, 2.24) is 19.7 Å². The first kappa shape index (κ1) is 11.5. The van der Waals surface area contributed by atoms with E-state index < -0.39 is 11.9 Å². The molecule has 2 rings (SSSR count). The van der Waals surface area contributed by atoms with Gasteiger partial charge in [0, 0.05) is 12.7 Å². The topological polar surface area (TPSA) is 59.3 Å². The fourth-order valence-electron chi connectivity index (χ4n) is 1.65. The highest BCUT2D eigenvalue weighted by Gasteiger charge is 2.18. The SMILES string of the molecule is CCNC(=O)c1nc(F)c(C)n2cc(C)nc12. The second-order valence-electron chi connectivity index (χ2n) is 3.77. The largest absolute Gasteiger partial charge is 0.351 e. The van der Waals surface area contributed by atoms with Gasteiger partial charge in [-0.3, -0.25) is 9.20 Å². The van der Waals surface area contributed by atoms with Crippen molar-refractivity contribution in [3.05, 3.63) is 29.2 Å². The number of nitrogens with zero attached hydrogens (tertiary/aromatic N) is 3. The third kappa shape index (κ3) is 1.86. The highest BCUT2D eigenvalue weighted by molar-refractivity contribution is 5.97. The van der Waals surface area contributed by atoms with Gasteiger partial charge in [0.15, 0.2) is 11.3 Å². The van der Waals surface area contributed by atoms with E-state index in [9.17, 15) is 9.18 Å². The number of aryl methyl sites for hydroxylation is 2. The predicted octanol–water partition coefficient (Wildman–Crippen LogP) is 1.23. The molecular weight excluding hydrogens is 223 g/mol. The summed E-state index contributed by atoms with van der Waals surface area (Å²) in [6.45, 7) is 5.63. The Morgan fingerprint density at radius 2 is 2.18 bits per heavy atom. The number of imidazole rings is 1. The Kier molecular flexibility index (Phi) is 2.79.